The zero-order chi connectivity index (χ0) is 14.1. The van der Waals surface area contributed by atoms with E-state index in [0.29, 0.717) is 0 Å². The van der Waals surface area contributed by atoms with E-state index in [1.807, 2.05) is 18.2 Å². The minimum atomic E-state index is -0.510. The second-order valence-corrected chi connectivity index (χ2v) is 5.47. The van der Waals surface area contributed by atoms with Crippen molar-refractivity contribution in [1.29, 1.82) is 0 Å². The van der Waals surface area contributed by atoms with Crippen LogP contribution in [-0.2, 0) is 17.8 Å². The lowest BCUT2D eigenvalue weighted by atomic mass is 10.2. The summed E-state index contributed by atoms with van der Waals surface area (Å²) in [5, 5.41) is 2.81. The molecule has 0 saturated heterocycles. The summed E-state index contributed by atoms with van der Waals surface area (Å²) in [5.74, 6) is 0.985. The smallest absolute Gasteiger partial charge is 0.240 e. The summed E-state index contributed by atoms with van der Waals surface area (Å²) in [6, 6.07) is 5.37. The van der Waals surface area contributed by atoms with Crippen molar-refractivity contribution in [3.8, 4) is 0 Å². The molecular formula is C15H22Cl2N4O. The number of nitrogens with two attached hydrogens (primary N) is 1. The first-order valence-electron chi connectivity index (χ1n) is 7.21. The van der Waals surface area contributed by atoms with Gasteiger partial charge in [0.2, 0.25) is 5.91 Å². The summed E-state index contributed by atoms with van der Waals surface area (Å²) in [6.07, 6.45) is 4.73. The molecule has 1 amide bonds. The average Bonchev–Trinajstić information content (AvgIpc) is 2.60. The molecule has 0 radical (unpaired) electrons. The fourth-order valence-electron chi connectivity index (χ4n) is 2.68. The molecule has 5 nitrogen and oxygen atoms in total. The number of benzene rings is 1. The van der Waals surface area contributed by atoms with Crippen molar-refractivity contribution in [1.82, 2.24) is 9.55 Å². The van der Waals surface area contributed by atoms with Gasteiger partial charge in [0.15, 0.2) is 0 Å². The van der Waals surface area contributed by atoms with E-state index in [2.05, 4.69) is 9.88 Å². The summed E-state index contributed by atoms with van der Waals surface area (Å²) < 4.78 is 2.31. The molecule has 0 fully saturated rings. The lowest BCUT2D eigenvalue weighted by Gasteiger charge is -2.08. The Morgan fingerprint density at radius 2 is 2.09 bits per heavy atom. The van der Waals surface area contributed by atoms with Gasteiger partial charge in [-0.3, -0.25) is 4.79 Å². The molecule has 2 heterocycles. The largest absolute Gasteiger partial charge is 0.328 e. The van der Waals surface area contributed by atoms with E-state index >= 15 is 0 Å². The Hall–Kier alpha value is -1.30. The Kier molecular flexibility index (Phi) is 6.66. The van der Waals surface area contributed by atoms with Crippen molar-refractivity contribution < 1.29 is 4.79 Å². The Balaban J connectivity index is 0.00000121. The number of carbonyl (C=O) groups excluding carboxylic acids is 1. The quantitative estimate of drug-likeness (QED) is 0.879. The highest BCUT2D eigenvalue weighted by Gasteiger charge is 2.14. The lowest BCUT2D eigenvalue weighted by molar-refractivity contribution is -0.117. The first-order valence-corrected chi connectivity index (χ1v) is 7.21. The average molecular weight is 345 g/mol. The maximum absolute atomic E-state index is 11.6. The van der Waals surface area contributed by atoms with E-state index in [9.17, 15) is 4.79 Å². The molecule has 22 heavy (non-hydrogen) atoms. The minimum Gasteiger partial charge on any atom is -0.328 e. The number of anilines is 1. The fraction of sp³-hybridized carbons (Fsp3) is 0.467. The molecule has 1 aromatic heterocycles. The van der Waals surface area contributed by atoms with Gasteiger partial charge in [-0.15, -0.1) is 24.8 Å². The normalized spacial score (nSPS) is 15.0. The summed E-state index contributed by atoms with van der Waals surface area (Å²) in [6.45, 7) is 2.71. The van der Waals surface area contributed by atoms with Gasteiger partial charge in [0.05, 0.1) is 17.1 Å². The van der Waals surface area contributed by atoms with E-state index < -0.39 is 6.04 Å². The van der Waals surface area contributed by atoms with Gasteiger partial charge in [-0.2, -0.15) is 0 Å². The van der Waals surface area contributed by atoms with Crippen molar-refractivity contribution in [2.75, 3.05) is 5.32 Å². The van der Waals surface area contributed by atoms with Crippen LogP contribution in [0.15, 0.2) is 18.2 Å². The number of nitrogens with zero attached hydrogens (tertiary/aromatic N) is 2. The highest BCUT2D eigenvalue weighted by Crippen LogP contribution is 2.24. The zero-order valence-corrected chi connectivity index (χ0v) is 14.2. The Labute approximate surface area is 142 Å². The number of amides is 1. The van der Waals surface area contributed by atoms with Gasteiger partial charge in [0.1, 0.15) is 5.82 Å². The first-order chi connectivity index (χ1) is 9.65. The van der Waals surface area contributed by atoms with Gasteiger partial charge in [-0.25, -0.2) is 4.98 Å². The molecule has 0 aliphatic carbocycles. The van der Waals surface area contributed by atoms with Gasteiger partial charge in [-0.1, -0.05) is 6.42 Å². The van der Waals surface area contributed by atoms with Crippen molar-refractivity contribution in [3.05, 3.63) is 24.0 Å². The maximum Gasteiger partial charge on any atom is 0.240 e. The molecule has 1 atom stereocenters. The Morgan fingerprint density at radius 1 is 1.32 bits per heavy atom. The van der Waals surface area contributed by atoms with Crippen molar-refractivity contribution in [2.45, 2.75) is 45.2 Å². The van der Waals surface area contributed by atoms with Gasteiger partial charge >= 0.3 is 0 Å². The summed E-state index contributed by atoms with van der Waals surface area (Å²) >= 11 is 0. The monoisotopic (exact) mass is 344 g/mol. The Bertz CT molecular complexity index is 654. The second-order valence-electron chi connectivity index (χ2n) is 5.47. The van der Waals surface area contributed by atoms with Crippen LogP contribution in [0.5, 0.6) is 0 Å². The van der Waals surface area contributed by atoms with E-state index in [1.165, 1.54) is 19.3 Å². The number of rotatable bonds is 2. The number of nitrogens with one attached hydrogen (secondary N) is 1. The second kappa shape index (κ2) is 7.81. The van der Waals surface area contributed by atoms with E-state index in [-0.39, 0.29) is 30.7 Å². The molecule has 0 bridgehead atoms. The summed E-state index contributed by atoms with van der Waals surface area (Å²) in [7, 11) is 0. The number of aromatic nitrogens is 2. The van der Waals surface area contributed by atoms with Crippen LogP contribution in [0.4, 0.5) is 5.69 Å². The minimum absolute atomic E-state index is 0. The van der Waals surface area contributed by atoms with Crippen molar-refractivity contribution in [2.24, 2.45) is 5.73 Å². The molecule has 3 rings (SSSR count). The third kappa shape index (κ3) is 3.72. The van der Waals surface area contributed by atoms with Gasteiger partial charge in [0.25, 0.3) is 0 Å². The van der Waals surface area contributed by atoms with Crippen molar-refractivity contribution >= 4 is 47.4 Å². The van der Waals surface area contributed by atoms with E-state index in [4.69, 9.17) is 10.7 Å². The van der Waals surface area contributed by atoms with Gasteiger partial charge < -0.3 is 15.6 Å². The molecule has 1 aliphatic heterocycles. The number of carbonyl (C=O) groups is 1. The van der Waals surface area contributed by atoms with Crippen LogP contribution in [-0.4, -0.2) is 21.5 Å². The molecule has 0 saturated carbocycles. The van der Waals surface area contributed by atoms with E-state index in [0.717, 1.165) is 35.5 Å². The van der Waals surface area contributed by atoms with Gasteiger partial charge in [0, 0.05) is 18.7 Å². The topological polar surface area (TPSA) is 72.9 Å². The number of halogens is 2. The number of hydrogen-bond acceptors (Lipinski definition) is 3. The van der Waals surface area contributed by atoms with Crippen LogP contribution < -0.4 is 11.1 Å². The first kappa shape index (κ1) is 18.7. The molecule has 1 aliphatic rings. The molecule has 3 N–H and O–H groups in total. The zero-order valence-electron chi connectivity index (χ0n) is 12.5. The summed E-state index contributed by atoms with van der Waals surface area (Å²) in [4.78, 5) is 16.3. The number of fused-ring (bicyclic) bond motifs is 3. The van der Waals surface area contributed by atoms with Crippen LogP contribution in [0.3, 0.4) is 0 Å². The molecule has 2 aromatic rings. The van der Waals surface area contributed by atoms with Crippen LogP contribution in [0.1, 0.15) is 32.0 Å². The molecular weight excluding hydrogens is 323 g/mol. The molecule has 7 heteroatoms. The molecule has 1 aromatic carbocycles. The van der Waals surface area contributed by atoms with Crippen LogP contribution in [0.25, 0.3) is 11.0 Å². The SMILES string of the molecule is C[C@@H](N)C(=O)Nc1ccc2c(c1)nc1n2CCCCC1.Cl.Cl. The fourth-order valence-corrected chi connectivity index (χ4v) is 2.68. The highest BCUT2D eigenvalue weighted by molar-refractivity contribution is 5.96. The van der Waals surface area contributed by atoms with Gasteiger partial charge in [-0.05, 0) is 38.0 Å². The van der Waals surface area contributed by atoms with Crippen LogP contribution >= 0.6 is 24.8 Å². The predicted octanol–water partition coefficient (Wildman–Crippen LogP) is 2.89. The maximum atomic E-state index is 11.6. The highest BCUT2D eigenvalue weighted by atomic mass is 35.5. The predicted molar refractivity (Wildman–Crippen MR) is 94.1 cm³/mol. The lowest BCUT2D eigenvalue weighted by Crippen LogP contribution is -2.32. The molecule has 0 spiro atoms. The van der Waals surface area contributed by atoms with Crippen LogP contribution in [0.2, 0.25) is 0 Å². The van der Waals surface area contributed by atoms with Crippen molar-refractivity contribution in [3.63, 3.8) is 0 Å². The molecule has 0 unspecified atom stereocenters. The third-order valence-corrected chi connectivity index (χ3v) is 3.79. The number of aryl methyl sites for hydroxylation is 2. The van der Waals surface area contributed by atoms with Crippen LogP contribution in [0, 0.1) is 0 Å². The summed E-state index contributed by atoms with van der Waals surface area (Å²) in [5.41, 5.74) is 8.42. The Morgan fingerprint density at radius 3 is 2.82 bits per heavy atom. The third-order valence-electron chi connectivity index (χ3n) is 3.79. The number of hydrogen-bond donors (Lipinski definition) is 2. The number of imidazole rings is 1. The molecule has 122 valence electrons. The standard InChI is InChI=1S/C15H20N4O.2ClH/c1-10(16)15(20)17-11-6-7-13-12(9-11)18-14-5-3-2-4-8-19(13)14;;/h6-7,9-10H,2-5,8,16H2,1H3,(H,17,20);2*1H/t10-;;/m1../s1. The van der Waals surface area contributed by atoms with E-state index in [1.54, 1.807) is 6.92 Å².